The average molecular weight is 363 g/mol. The molecule has 1 aliphatic carbocycles. The molecule has 0 amide bonds. The number of carbonyl (C=O) groups is 1. The second-order valence-corrected chi connectivity index (χ2v) is 5.66. The SMILES string of the molecule is COc1cc(OC)c(/C=N\OC(=O)CCOC2C=CCCC2)c(OC)c1. The van der Waals surface area contributed by atoms with E-state index in [0.717, 1.165) is 19.3 Å². The van der Waals surface area contributed by atoms with Crippen LogP contribution in [-0.2, 0) is 14.4 Å². The van der Waals surface area contributed by atoms with Gasteiger partial charge in [-0.05, 0) is 19.3 Å². The van der Waals surface area contributed by atoms with Crippen LogP contribution in [-0.4, -0.2) is 46.2 Å². The van der Waals surface area contributed by atoms with Gasteiger partial charge in [-0.3, -0.25) is 0 Å². The normalized spacial score (nSPS) is 16.5. The summed E-state index contributed by atoms with van der Waals surface area (Å²) in [4.78, 5) is 16.6. The molecule has 0 fully saturated rings. The highest BCUT2D eigenvalue weighted by Crippen LogP contribution is 2.32. The minimum atomic E-state index is -0.465. The summed E-state index contributed by atoms with van der Waals surface area (Å²) in [6, 6.07) is 3.38. The number of hydrogen-bond acceptors (Lipinski definition) is 7. The minimum absolute atomic E-state index is 0.0906. The third-order valence-corrected chi connectivity index (χ3v) is 3.94. The first-order chi connectivity index (χ1) is 12.7. The molecule has 26 heavy (non-hydrogen) atoms. The predicted molar refractivity (Wildman–Crippen MR) is 97.1 cm³/mol. The van der Waals surface area contributed by atoms with Gasteiger partial charge in [0.25, 0.3) is 0 Å². The fraction of sp³-hybridized carbons (Fsp3) is 0.474. The lowest BCUT2D eigenvalue weighted by molar-refractivity contribution is -0.145. The second-order valence-electron chi connectivity index (χ2n) is 5.66. The van der Waals surface area contributed by atoms with Crippen LogP contribution in [0.1, 0.15) is 31.2 Å². The smallest absolute Gasteiger partial charge is 0.337 e. The number of hydrogen-bond donors (Lipinski definition) is 0. The van der Waals surface area contributed by atoms with Crippen molar-refractivity contribution in [2.24, 2.45) is 5.16 Å². The van der Waals surface area contributed by atoms with E-state index in [1.165, 1.54) is 20.4 Å². The van der Waals surface area contributed by atoms with Gasteiger partial charge in [0.05, 0.1) is 52.2 Å². The molecule has 7 heteroatoms. The minimum Gasteiger partial charge on any atom is -0.496 e. The van der Waals surface area contributed by atoms with E-state index < -0.39 is 5.97 Å². The van der Waals surface area contributed by atoms with Crippen molar-refractivity contribution in [3.8, 4) is 17.2 Å². The molecule has 0 bridgehead atoms. The highest BCUT2D eigenvalue weighted by atomic mass is 16.7. The Morgan fingerprint density at radius 1 is 1.19 bits per heavy atom. The first kappa shape index (κ1) is 19.8. The van der Waals surface area contributed by atoms with Crippen molar-refractivity contribution in [3.63, 3.8) is 0 Å². The molecule has 0 saturated heterocycles. The number of nitrogens with zero attached hydrogens (tertiary/aromatic N) is 1. The molecule has 0 aromatic heterocycles. The Morgan fingerprint density at radius 3 is 2.50 bits per heavy atom. The molecule has 1 atom stereocenters. The third kappa shape index (κ3) is 5.77. The van der Waals surface area contributed by atoms with Gasteiger partial charge in [0.1, 0.15) is 17.2 Å². The molecular weight excluding hydrogens is 338 g/mol. The number of carbonyl (C=O) groups excluding carboxylic acids is 1. The Labute approximate surface area is 153 Å². The Morgan fingerprint density at radius 2 is 1.92 bits per heavy atom. The summed E-state index contributed by atoms with van der Waals surface area (Å²) in [7, 11) is 4.60. The zero-order chi connectivity index (χ0) is 18.8. The first-order valence-electron chi connectivity index (χ1n) is 8.49. The first-order valence-corrected chi connectivity index (χ1v) is 8.49. The summed E-state index contributed by atoms with van der Waals surface area (Å²) in [5.74, 6) is 1.11. The van der Waals surface area contributed by atoms with E-state index in [1.807, 2.05) is 6.08 Å². The van der Waals surface area contributed by atoms with Crippen molar-refractivity contribution in [2.45, 2.75) is 31.8 Å². The van der Waals surface area contributed by atoms with Crippen LogP contribution < -0.4 is 14.2 Å². The maximum Gasteiger partial charge on any atom is 0.337 e. The Balaban J connectivity index is 1.87. The van der Waals surface area contributed by atoms with Gasteiger partial charge >= 0.3 is 5.97 Å². The molecule has 2 rings (SSSR count). The molecule has 0 N–H and O–H groups in total. The molecule has 7 nitrogen and oxygen atoms in total. The number of oxime groups is 1. The van der Waals surface area contributed by atoms with E-state index in [0.29, 0.717) is 29.4 Å². The molecule has 0 aliphatic heterocycles. The quantitative estimate of drug-likeness (QED) is 0.290. The summed E-state index contributed by atoms with van der Waals surface area (Å²) in [5, 5.41) is 3.73. The molecule has 1 aromatic rings. The fourth-order valence-corrected chi connectivity index (χ4v) is 2.56. The number of ether oxygens (including phenoxy) is 4. The van der Waals surface area contributed by atoms with Crippen molar-refractivity contribution < 1.29 is 28.6 Å². The van der Waals surface area contributed by atoms with Crippen LogP contribution in [0.25, 0.3) is 0 Å². The van der Waals surface area contributed by atoms with Crippen molar-refractivity contribution in [3.05, 3.63) is 29.8 Å². The van der Waals surface area contributed by atoms with Crippen molar-refractivity contribution in [1.29, 1.82) is 0 Å². The van der Waals surface area contributed by atoms with Gasteiger partial charge in [-0.15, -0.1) is 0 Å². The monoisotopic (exact) mass is 363 g/mol. The van der Waals surface area contributed by atoms with Gasteiger partial charge in [-0.1, -0.05) is 17.3 Å². The van der Waals surface area contributed by atoms with Gasteiger partial charge in [0.2, 0.25) is 0 Å². The van der Waals surface area contributed by atoms with Crippen molar-refractivity contribution in [1.82, 2.24) is 0 Å². The molecule has 0 heterocycles. The number of benzene rings is 1. The molecule has 1 unspecified atom stereocenters. The highest BCUT2D eigenvalue weighted by molar-refractivity contribution is 5.88. The van der Waals surface area contributed by atoms with Crippen LogP contribution in [0.2, 0.25) is 0 Å². The summed E-state index contributed by atoms with van der Waals surface area (Å²) in [5.41, 5.74) is 0.548. The fourth-order valence-electron chi connectivity index (χ4n) is 2.56. The van der Waals surface area contributed by atoms with Gasteiger partial charge < -0.3 is 23.8 Å². The maximum atomic E-state index is 11.8. The largest absolute Gasteiger partial charge is 0.496 e. The number of methoxy groups -OCH3 is 3. The lowest BCUT2D eigenvalue weighted by Gasteiger charge is -2.16. The van der Waals surface area contributed by atoms with Crippen molar-refractivity contribution in [2.75, 3.05) is 27.9 Å². The zero-order valence-electron chi connectivity index (χ0n) is 15.4. The molecule has 1 aromatic carbocycles. The molecule has 0 radical (unpaired) electrons. The van der Waals surface area contributed by atoms with Crippen LogP contribution in [0, 0.1) is 0 Å². The summed E-state index contributed by atoms with van der Waals surface area (Å²) in [6.45, 7) is 0.304. The van der Waals surface area contributed by atoms with E-state index in [2.05, 4.69) is 11.2 Å². The molecule has 142 valence electrons. The zero-order valence-corrected chi connectivity index (χ0v) is 15.4. The van der Waals surface area contributed by atoms with Gasteiger partial charge in [0.15, 0.2) is 0 Å². The Bertz CT molecular complexity index is 630. The van der Waals surface area contributed by atoms with E-state index >= 15 is 0 Å². The maximum absolute atomic E-state index is 11.8. The Hall–Kier alpha value is -2.54. The lowest BCUT2D eigenvalue weighted by Crippen LogP contribution is -2.15. The van der Waals surface area contributed by atoms with Crippen molar-refractivity contribution >= 4 is 12.2 Å². The van der Waals surface area contributed by atoms with E-state index in [9.17, 15) is 4.79 Å². The van der Waals surface area contributed by atoms with Crippen LogP contribution >= 0.6 is 0 Å². The molecule has 1 aliphatic rings. The molecular formula is C19H25NO6. The van der Waals surface area contributed by atoms with Crippen LogP contribution in [0.3, 0.4) is 0 Å². The number of rotatable bonds is 9. The molecule has 0 spiro atoms. The van der Waals surface area contributed by atoms with E-state index in [-0.39, 0.29) is 12.5 Å². The van der Waals surface area contributed by atoms with Crippen LogP contribution in [0.15, 0.2) is 29.4 Å². The van der Waals surface area contributed by atoms with Gasteiger partial charge in [0, 0.05) is 12.1 Å². The standard InChI is InChI=1S/C19H25NO6/c1-22-15-11-17(23-2)16(18(12-15)24-3)13-20-26-19(21)9-10-25-14-7-5-4-6-8-14/h5,7,11-14H,4,6,8-10H2,1-3H3/b20-13-. The predicted octanol–water partition coefficient (Wildman–Crippen LogP) is 3.10. The lowest BCUT2D eigenvalue weighted by atomic mass is 10.1. The van der Waals surface area contributed by atoms with E-state index in [1.54, 1.807) is 19.2 Å². The summed E-state index contributed by atoms with van der Waals surface area (Å²) in [6.07, 6.45) is 8.93. The van der Waals surface area contributed by atoms with Crippen LogP contribution in [0.4, 0.5) is 0 Å². The molecule has 0 saturated carbocycles. The second kappa shape index (κ2) is 10.5. The average Bonchev–Trinajstić information content (AvgIpc) is 2.68. The third-order valence-electron chi connectivity index (χ3n) is 3.94. The summed E-state index contributed by atoms with van der Waals surface area (Å²) >= 11 is 0. The van der Waals surface area contributed by atoms with Gasteiger partial charge in [-0.25, -0.2) is 4.79 Å². The Kier molecular flexibility index (Phi) is 7.95. The summed E-state index contributed by atoms with van der Waals surface area (Å²) < 4.78 is 21.4. The van der Waals surface area contributed by atoms with Crippen LogP contribution in [0.5, 0.6) is 17.2 Å². The number of allylic oxidation sites excluding steroid dienone is 1. The van der Waals surface area contributed by atoms with Gasteiger partial charge in [-0.2, -0.15) is 0 Å². The topological polar surface area (TPSA) is 75.6 Å². The highest BCUT2D eigenvalue weighted by Gasteiger charge is 2.13. The van der Waals surface area contributed by atoms with E-state index in [4.69, 9.17) is 23.8 Å².